The van der Waals surface area contributed by atoms with Crippen molar-refractivity contribution >= 4 is 27.1 Å². The zero-order valence-corrected chi connectivity index (χ0v) is 12.9. The van der Waals surface area contributed by atoms with Crippen LogP contribution in [0.1, 0.15) is 13.3 Å². The smallest absolute Gasteiger partial charge is 0.184 e. The summed E-state index contributed by atoms with van der Waals surface area (Å²) in [6.45, 7) is 1.84. The van der Waals surface area contributed by atoms with Gasteiger partial charge in [-0.05, 0) is 42.0 Å². The van der Waals surface area contributed by atoms with Gasteiger partial charge in [-0.2, -0.15) is 0 Å². The fourth-order valence-electron chi connectivity index (χ4n) is 2.59. The molecule has 1 aromatic heterocycles. The molecule has 0 aliphatic carbocycles. The lowest BCUT2D eigenvalue weighted by Crippen LogP contribution is -2.33. The molecule has 1 aromatic carbocycles. The Balaban J connectivity index is 2.10. The molecule has 1 fully saturated rings. The van der Waals surface area contributed by atoms with Gasteiger partial charge in [0.1, 0.15) is 0 Å². The second kappa shape index (κ2) is 4.67. The molecule has 1 unspecified atom stereocenters. The van der Waals surface area contributed by atoms with Crippen molar-refractivity contribution in [2.24, 2.45) is 0 Å². The number of nitrogen functional groups attached to an aromatic ring is 1. The van der Waals surface area contributed by atoms with E-state index in [4.69, 9.17) is 17.3 Å². The van der Waals surface area contributed by atoms with Crippen LogP contribution >= 0.6 is 11.6 Å². The number of hydrogen-bond acceptors (Lipinski definition) is 6. The highest BCUT2D eigenvalue weighted by atomic mass is 35.5. The third-order valence-corrected chi connectivity index (χ3v) is 5.90. The summed E-state index contributed by atoms with van der Waals surface area (Å²) in [6, 6.07) is 5.05. The van der Waals surface area contributed by atoms with E-state index in [2.05, 4.69) is 15.5 Å². The molecular weight excluding hydrogens is 314 g/mol. The number of anilines is 1. The van der Waals surface area contributed by atoms with Gasteiger partial charge in [0.2, 0.25) is 0 Å². The molecule has 1 aliphatic heterocycles. The van der Waals surface area contributed by atoms with Crippen molar-refractivity contribution < 1.29 is 8.42 Å². The van der Waals surface area contributed by atoms with Crippen LogP contribution in [-0.2, 0) is 15.4 Å². The monoisotopic (exact) mass is 327 g/mol. The van der Waals surface area contributed by atoms with Crippen LogP contribution in [-0.4, -0.2) is 40.1 Å². The average molecular weight is 328 g/mol. The predicted octanol–water partition coefficient (Wildman–Crippen LogP) is 1.11. The Morgan fingerprint density at radius 2 is 2.19 bits per heavy atom. The van der Waals surface area contributed by atoms with Crippen LogP contribution in [0.3, 0.4) is 0 Å². The number of aromatic nitrogens is 4. The Morgan fingerprint density at radius 3 is 2.81 bits per heavy atom. The fourth-order valence-corrected chi connectivity index (χ4v) is 4.97. The van der Waals surface area contributed by atoms with Gasteiger partial charge in [-0.15, -0.1) is 5.10 Å². The Morgan fingerprint density at radius 1 is 1.43 bits per heavy atom. The highest BCUT2D eigenvalue weighted by Crippen LogP contribution is 2.35. The second-order valence-corrected chi connectivity index (χ2v) is 8.08. The van der Waals surface area contributed by atoms with Gasteiger partial charge in [-0.3, -0.25) is 0 Å². The lowest BCUT2D eigenvalue weighted by atomic mass is 10.0. The maximum Gasteiger partial charge on any atom is 0.184 e. The van der Waals surface area contributed by atoms with Gasteiger partial charge in [0.25, 0.3) is 0 Å². The van der Waals surface area contributed by atoms with Gasteiger partial charge in [-0.1, -0.05) is 11.6 Å². The molecule has 0 amide bonds. The van der Waals surface area contributed by atoms with E-state index in [1.54, 1.807) is 22.9 Å². The molecule has 2 aromatic rings. The lowest BCUT2D eigenvalue weighted by Gasteiger charge is -2.23. The predicted molar refractivity (Wildman–Crippen MR) is 79.6 cm³/mol. The van der Waals surface area contributed by atoms with Crippen molar-refractivity contribution in [1.29, 1.82) is 0 Å². The molecule has 2 N–H and O–H groups in total. The normalized spacial score (nSPS) is 24.3. The van der Waals surface area contributed by atoms with Crippen molar-refractivity contribution in [3.05, 3.63) is 23.2 Å². The van der Waals surface area contributed by atoms with Gasteiger partial charge >= 0.3 is 0 Å². The number of halogens is 1. The van der Waals surface area contributed by atoms with E-state index in [1.807, 2.05) is 6.92 Å². The quantitative estimate of drug-likeness (QED) is 0.829. The minimum Gasteiger partial charge on any atom is -0.399 e. The number of sulfone groups is 1. The molecule has 0 bridgehead atoms. The molecule has 9 heteroatoms. The summed E-state index contributed by atoms with van der Waals surface area (Å²) in [6.07, 6.45) is 0.472. The molecule has 112 valence electrons. The van der Waals surface area contributed by atoms with Crippen LogP contribution < -0.4 is 5.73 Å². The molecule has 7 nitrogen and oxygen atoms in total. The minimum atomic E-state index is -3.07. The SMILES string of the molecule is CC1(n2nnnc2-c2ccc(N)cc2Cl)CCS(=O)(=O)C1. The molecule has 0 saturated carbocycles. The maximum absolute atomic E-state index is 11.8. The Kier molecular flexibility index (Phi) is 3.18. The highest BCUT2D eigenvalue weighted by Gasteiger charge is 2.42. The van der Waals surface area contributed by atoms with Crippen LogP contribution in [0.4, 0.5) is 5.69 Å². The Hall–Kier alpha value is -1.67. The van der Waals surface area contributed by atoms with E-state index in [0.717, 1.165) is 0 Å². The van der Waals surface area contributed by atoms with Crippen molar-refractivity contribution in [3.8, 4) is 11.4 Å². The standard InChI is InChI=1S/C12H14ClN5O2S/c1-12(4-5-21(19,20)7-12)18-11(15-16-17-18)9-3-2-8(14)6-10(9)13/h2-3,6H,4-5,7,14H2,1H3. The van der Waals surface area contributed by atoms with E-state index in [0.29, 0.717) is 28.5 Å². The number of rotatable bonds is 2. The van der Waals surface area contributed by atoms with E-state index >= 15 is 0 Å². The first-order valence-electron chi connectivity index (χ1n) is 6.35. The highest BCUT2D eigenvalue weighted by molar-refractivity contribution is 7.91. The molecule has 0 radical (unpaired) electrons. The first-order valence-corrected chi connectivity index (χ1v) is 8.55. The molecule has 1 saturated heterocycles. The van der Waals surface area contributed by atoms with Crippen molar-refractivity contribution in [2.45, 2.75) is 18.9 Å². The van der Waals surface area contributed by atoms with Crippen molar-refractivity contribution in [3.63, 3.8) is 0 Å². The van der Waals surface area contributed by atoms with E-state index < -0.39 is 15.4 Å². The second-order valence-electron chi connectivity index (χ2n) is 5.49. The average Bonchev–Trinajstić information content (AvgIpc) is 2.95. The zero-order chi connectivity index (χ0) is 15.3. The van der Waals surface area contributed by atoms with E-state index in [9.17, 15) is 8.42 Å². The van der Waals surface area contributed by atoms with Gasteiger partial charge in [0.15, 0.2) is 15.7 Å². The maximum atomic E-state index is 11.8. The first kappa shape index (κ1) is 14.3. The number of tetrazole rings is 1. The number of benzene rings is 1. The Labute approximate surface area is 127 Å². The lowest BCUT2D eigenvalue weighted by molar-refractivity contribution is 0.325. The summed E-state index contributed by atoms with van der Waals surface area (Å²) in [7, 11) is -3.07. The third-order valence-electron chi connectivity index (χ3n) is 3.70. The van der Waals surface area contributed by atoms with Crippen LogP contribution in [0, 0.1) is 0 Å². The summed E-state index contributed by atoms with van der Waals surface area (Å²) >= 11 is 6.19. The first-order chi connectivity index (χ1) is 9.81. The van der Waals surface area contributed by atoms with Gasteiger partial charge < -0.3 is 5.73 Å². The molecule has 0 spiro atoms. The van der Waals surface area contributed by atoms with Crippen LogP contribution in [0.15, 0.2) is 18.2 Å². The number of nitrogens with zero attached hydrogens (tertiary/aromatic N) is 4. The zero-order valence-electron chi connectivity index (χ0n) is 11.3. The Bertz CT molecular complexity index is 804. The van der Waals surface area contributed by atoms with Crippen molar-refractivity contribution in [1.82, 2.24) is 20.2 Å². The van der Waals surface area contributed by atoms with Crippen LogP contribution in [0.2, 0.25) is 5.02 Å². The number of hydrogen-bond donors (Lipinski definition) is 1. The molecule has 1 atom stereocenters. The van der Waals surface area contributed by atoms with E-state index in [-0.39, 0.29) is 11.5 Å². The van der Waals surface area contributed by atoms with Crippen LogP contribution in [0.5, 0.6) is 0 Å². The summed E-state index contributed by atoms with van der Waals surface area (Å²) in [5.74, 6) is 0.600. The third kappa shape index (κ3) is 2.49. The van der Waals surface area contributed by atoms with Gasteiger partial charge in [0.05, 0.1) is 22.1 Å². The molecule has 2 heterocycles. The molecule has 21 heavy (non-hydrogen) atoms. The fraction of sp³-hybridized carbons (Fsp3) is 0.417. The minimum absolute atomic E-state index is 0.0185. The summed E-state index contributed by atoms with van der Waals surface area (Å²) < 4.78 is 25.1. The summed E-state index contributed by atoms with van der Waals surface area (Å²) in [5.41, 5.74) is 6.18. The largest absolute Gasteiger partial charge is 0.399 e. The van der Waals surface area contributed by atoms with E-state index in [1.165, 1.54) is 0 Å². The van der Waals surface area contributed by atoms with Crippen molar-refractivity contribution in [2.75, 3.05) is 17.2 Å². The number of nitrogens with two attached hydrogens (primary N) is 1. The van der Waals surface area contributed by atoms with Gasteiger partial charge in [-0.25, -0.2) is 13.1 Å². The molecular formula is C12H14ClN5O2S. The molecule has 3 rings (SSSR count). The molecule has 1 aliphatic rings. The van der Waals surface area contributed by atoms with Gasteiger partial charge in [0, 0.05) is 11.3 Å². The summed E-state index contributed by atoms with van der Waals surface area (Å²) in [4.78, 5) is 0. The van der Waals surface area contributed by atoms with Crippen LogP contribution in [0.25, 0.3) is 11.4 Å². The topological polar surface area (TPSA) is 104 Å². The summed E-state index contributed by atoms with van der Waals surface area (Å²) in [5, 5.41) is 12.1.